The maximum absolute atomic E-state index is 5.91. The minimum absolute atomic E-state index is 0.0405. The monoisotopic (exact) mass is 376 g/mol. The Morgan fingerprint density at radius 2 is 2.18 bits per heavy atom. The molecule has 0 fully saturated rings. The molecular weight excluding hydrogens is 352 g/mol. The van der Waals surface area contributed by atoms with Gasteiger partial charge in [-0.25, -0.2) is 4.98 Å². The van der Waals surface area contributed by atoms with Gasteiger partial charge < -0.3 is 16.8 Å². The van der Waals surface area contributed by atoms with E-state index in [2.05, 4.69) is 48.9 Å². The van der Waals surface area contributed by atoms with Crippen molar-refractivity contribution in [2.75, 3.05) is 12.3 Å². The lowest BCUT2D eigenvalue weighted by Crippen LogP contribution is -2.23. The molecule has 6 N–H and O–H groups in total. The number of allylic oxidation sites excluding steroid dienone is 1. The van der Waals surface area contributed by atoms with E-state index in [1.165, 1.54) is 16.7 Å². The predicted octanol–water partition coefficient (Wildman–Crippen LogP) is 1.80. The third-order valence-corrected chi connectivity index (χ3v) is 5.17. The second-order valence-corrected chi connectivity index (χ2v) is 7.02. The normalized spacial score (nSPS) is 15.8. The van der Waals surface area contributed by atoms with Gasteiger partial charge in [0.2, 0.25) is 5.65 Å². The summed E-state index contributed by atoms with van der Waals surface area (Å²) in [6, 6.07) is 8.40. The molecule has 28 heavy (non-hydrogen) atoms. The van der Waals surface area contributed by atoms with Gasteiger partial charge in [0.15, 0.2) is 0 Å². The minimum atomic E-state index is -0.0405. The summed E-state index contributed by atoms with van der Waals surface area (Å²) in [6.45, 7) is 4.63. The summed E-state index contributed by atoms with van der Waals surface area (Å²) >= 11 is 0. The van der Waals surface area contributed by atoms with Crippen LogP contribution in [0.25, 0.3) is 11.2 Å². The lowest BCUT2D eigenvalue weighted by molar-refractivity contribution is 0.643. The van der Waals surface area contributed by atoms with Crippen molar-refractivity contribution in [2.24, 2.45) is 10.7 Å². The SMILES string of the molecule is CC(C(C=NCc1ccc2c(c1)CCNC2)=CN)c1cc(N)nc2n[nH]nc12. The number of nitrogens with one attached hydrogen (secondary N) is 2. The fourth-order valence-electron chi connectivity index (χ4n) is 3.57. The van der Waals surface area contributed by atoms with Crippen LogP contribution in [0.4, 0.5) is 5.82 Å². The van der Waals surface area contributed by atoms with Crippen LogP contribution < -0.4 is 16.8 Å². The number of nitrogen functional groups attached to an aromatic ring is 1. The molecule has 144 valence electrons. The van der Waals surface area contributed by atoms with Gasteiger partial charge in [-0.15, -0.1) is 5.10 Å². The molecule has 1 aliphatic heterocycles. The third kappa shape index (κ3) is 3.59. The number of anilines is 1. The Bertz CT molecular complexity index is 1050. The second kappa shape index (κ2) is 7.77. The molecule has 0 radical (unpaired) electrons. The second-order valence-electron chi connectivity index (χ2n) is 7.02. The molecule has 1 aliphatic rings. The third-order valence-electron chi connectivity index (χ3n) is 5.17. The van der Waals surface area contributed by atoms with Gasteiger partial charge in [-0.2, -0.15) is 10.3 Å². The standard InChI is InChI=1S/C20H24N8/c1-12(17-7-18(22)25-20-19(17)26-28-27-20)16(8-21)11-24-9-13-2-3-15-10-23-5-4-14(15)6-13/h2-3,6-8,11-12,23H,4-5,9-10,21H2,1H3,(H3,22,25,26,27,28). The van der Waals surface area contributed by atoms with Crippen LogP contribution >= 0.6 is 0 Å². The molecule has 0 spiro atoms. The van der Waals surface area contributed by atoms with Crippen molar-refractivity contribution in [1.82, 2.24) is 25.7 Å². The van der Waals surface area contributed by atoms with Crippen LogP contribution in [-0.4, -0.2) is 33.2 Å². The summed E-state index contributed by atoms with van der Waals surface area (Å²) in [5.41, 5.74) is 18.8. The number of aliphatic imine (C=N–C) groups is 1. The molecule has 1 unspecified atom stereocenters. The summed E-state index contributed by atoms with van der Waals surface area (Å²) in [7, 11) is 0. The highest BCUT2D eigenvalue weighted by Crippen LogP contribution is 2.28. The van der Waals surface area contributed by atoms with Gasteiger partial charge in [0.05, 0.1) is 6.54 Å². The highest BCUT2D eigenvalue weighted by Gasteiger charge is 2.17. The van der Waals surface area contributed by atoms with E-state index in [9.17, 15) is 0 Å². The van der Waals surface area contributed by atoms with E-state index < -0.39 is 0 Å². The average molecular weight is 376 g/mol. The van der Waals surface area contributed by atoms with Gasteiger partial charge >= 0.3 is 0 Å². The maximum atomic E-state index is 5.91. The number of pyridine rings is 1. The van der Waals surface area contributed by atoms with Crippen molar-refractivity contribution in [1.29, 1.82) is 0 Å². The van der Waals surface area contributed by atoms with Crippen LogP contribution in [0.1, 0.15) is 35.1 Å². The number of aromatic nitrogens is 4. The van der Waals surface area contributed by atoms with Crippen LogP contribution in [0.5, 0.6) is 0 Å². The van der Waals surface area contributed by atoms with Gasteiger partial charge in [0.1, 0.15) is 11.3 Å². The van der Waals surface area contributed by atoms with Gasteiger partial charge in [0, 0.05) is 18.7 Å². The number of H-pyrrole nitrogens is 1. The summed E-state index contributed by atoms with van der Waals surface area (Å²) in [6.07, 6.45) is 4.47. The lowest BCUT2D eigenvalue weighted by atomic mass is 9.93. The smallest absolute Gasteiger partial charge is 0.203 e. The molecule has 0 bridgehead atoms. The van der Waals surface area contributed by atoms with E-state index in [4.69, 9.17) is 11.5 Å². The summed E-state index contributed by atoms with van der Waals surface area (Å²) in [4.78, 5) is 8.80. The minimum Gasteiger partial charge on any atom is -0.404 e. The zero-order chi connectivity index (χ0) is 19.5. The van der Waals surface area contributed by atoms with E-state index in [1.54, 1.807) is 6.20 Å². The molecule has 0 amide bonds. The molecule has 0 saturated heterocycles. The summed E-state index contributed by atoms with van der Waals surface area (Å²) in [5.74, 6) is 0.362. The van der Waals surface area contributed by atoms with Crippen LogP contribution in [0.3, 0.4) is 0 Å². The first-order valence-corrected chi connectivity index (χ1v) is 9.35. The molecule has 8 heteroatoms. The van der Waals surface area contributed by atoms with Crippen molar-refractivity contribution in [2.45, 2.75) is 32.4 Å². The number of nitrogens with zero attached hydrogens (tertiary/aromatic N) is 4. The first-order valence-electron chi connectivity index (χ1n) is 9.35. The van der Waals surface area contributed by atoms with Crippen molar-refractivity contribution < 1.29 is 0 Å². The first-order chi connectivity index (χ1) is 13.7. The molecule has 8 nitrogen and oxygen atoms in total. The first kappa shape index (κ1) is 18.1. The highest BCUT2D eigenvalue weighted by atomic mass is 15.3. The van der Waals surface area contributed by atoms with E-state index in [0.717, 1.165) is 30.6 Å². The van der Waals surface area contributed by atoms with Crippen molar-refractivity contribution >= 4 is 23.2 Å². The largest absolute Gasteiger partial charge is 0.404 e. The molecule has 0 aliphatic carbocycles. The van der Waals surface area contributed by atoms with Gasteiger partial charge in [-0.05, 0) is 53.1 Å². The number of hydrogen-bond donors (Lipinski definition) is 4. The highest BCUT2D eigenvalue weighted by molar-refractivity contribution is 5.84. The predicted molar refractivity (Wildman–Crippen MR) is 111 cm³/mol. The van der Waals surface area contributed by atoms with Crippen molar-refractivity contribution in [3.63, 3.8) is 0 Å². The number of benzene rings is 1. The lowest BCUT2D eigenvalue weighted by Gasteiger charge is -2.17. The van der Waals surface area contributed by atoms with Crippen LogP contribution in [0, 0.1) is 0 Å². The molecular formula is C20H24N8. The molecule has 4 rings (SSSR count). The van der Waals surface area contributed by atoms with Crippen LogP contribution in [0.15, 0.2) is 41.0 Å². The Hall–Kier alpha value is -3.26. The van der Waals surface area contributed by atoms with Gasteiger partial charge in [0.25, 0.3) is 0 Å². The number of aromatic amines is 1. The van der Waals surface area contributed by atoms with Gasteiger partial charge in [-0.1, -0.05) is 25.1 Å². The Kier molecular flexibility index (Phi) is 5.03. The maximum Gasteiger partial charge on any atom is 0.203 e. The number of fused-ring (bicyclic) bond motifs is 2. The Morgan fingerprint density at radius 3 is 3.04 bits per heavy atom. The molecule has 1 aromatic carbocycles. The zero-order valence-corrected chi connectivity index (χ0v) is 15.8. The van der Waals surface area contributed by atoms with E-state index in [-0.39, 0.29) is 5.92 Å². The quantitative estimate of drug-likeness (QED) is 0.502. The zero-order valence-electron chi connectivity index (χ0n) is 15.8. The Balaban J connectivity index is 1.52. The summed E-state index contributed by atoms with van der Waals surface area (Å²) < 4.78 is 0. The number of hydrogen-bond acceptors (Lipinski definition) is 7. The Morgan fingerprint density at radius 1 is 1.29 bits per heavy atom. The number of rotatable bonds is 5. The van der Waals surface area contributed by atoms with Crippen LogP contribution in [0.2, 0.25) is 0 Å². The molecule has 1 atom stereocenters. The fraction of sp³-hybridized carbons (Fsp3) is 0.300. The van der Waals surface area contributed by atoms with Crippen molar-refractivity contribution in [3.8, 4) is 0 Å². The number of nitrogens with two attached hydrogens (primary N) is 2. The molecule has 0 saturated carbocycles. The molecule has 2 aromatic heterocycles. The van der Waals surface area contributed by atoms with E-state index in [1.807, 2.05) is 19.2 Å². The van der Waals surface area contributed by atoms with Crippen LogP contribution in [-0.2, 0) is 19.5 Å². The topological polar surface area (TPSA) is 131 Å². The summed E-state index contributed by atoms with van der Waals surface area (Å²) in [5, 5.41) is 14.2. The fourth-order valence-corrected chi connectivity index (χ4v) is 3.57. The van der Waals surface area contributed by atoms with E-state index in [0.29, 0.717) is 23.5 Å². The molecule has 3 aromatic rings. The molecule has 3 heterocycles. The average Bonchev–Trinajstić information content (AvgIpc) is 3.18. The Labute approximate surface area is 163 Å². The van der Waals surface area contributed by atoms with E-state index >= 15 is 0 Å². The van der Waals surface area contributed by atoms with Gasteiger partial charge in [-0.3, -0.25) is 4.99 Å². The van der Waals surface area contributed by atoms with Crippen molar-refractivity contribution in [3.05, 3.63) is 58.3 Å².